The van der Waals surface area contributed by atoms with Gasteiger partial charge in [0.2, 0.25) is 5.91 Å². The fourth-order valence-electron chi connectivity index (χ4n) is 5.54. The van der Waals surface area contributed by atoms with Crippen LogP contribution in [0, 0.1) is 25.6 Å². The van der Waals surface area contributed by atoms with Crippen LogP contribution in [0.3, 0.4) is 0 Å². The number of carbonyl (C=O) groups is 1. The highest BCUT2D eigenvalue weighted by atomic mass is 19.1. The summed E-state index contributed by atoms with van der Waals surface area (Å²) in [7, 11) is 0. The quantitative estimate of drug-likeness (QED) is 0.414. The van der Waals surface area contributed by atoms with Crippen molar-refractivity contribution in [2.75, 3.05) is 6.61 Å². The number of hydrogen-bond acceptors (Lipinski definition) is 6. The molecule has 8 heteroatoms. The Hall–Kier alpha value is -3.62. The zero-order valence-corrected chi connectivity index (χ0v) is 20.5. The lowest BCUT2D eigenvalue weighted by molar-refractivity contribution is -0.131. The normalized spacial score (nSPS) is 23.2. The summed E-state index contributed by atoms with van der Waals surface area (Å²) in [6.07, 6.45) is 0. The minimum atomic E-state index is -0.537. The number of amides is 1. The van der Waals surface area contributed by atoms with E-state index in [-0.39, 0.29) is 41.7 Å². The maximum atomic E-state index is 13.7. The summed E-state index contributed by atoms with van der Waals surface area (Å²) >= 11 is 0. The second kappa shape index (κ2) is 9.44. The maximum absolute atomic E-state index is 13.7. The topological polar surface area (TPSA) is 94.1 Å². The highest BCUT2D eigenvalue weighted by Gasteiger charge is 2.56. The van der Waals surface area contributed by atoms with Crippen LogP contribution < -0.4 is 15.6 Å². The molecular weight excluding hydrogens is 461 g/mol. The van der Waals surface area contributed by atoms with Crippen LogP contribution in [0.25, 0.3) is 0 Å². The average Bonchev–Trinajstić information content (AvgIpc) is 3.38. The Morgan fingerprint density at radius 3 is 2.44 bits per heavy atom. The molecule has 0 aromatic heterocycles. The van der Waals surface area contributed by atoms with Gasteiger partial charge >= 0.3 is 0 Å². The molecule has 4 N–H and O–H groups in total. The molecule has 2 aliphatic rings. The minimum absolute atomic E-state index is 0.0257. The van der Waals surface area contributed by atoms with E-state index in [1.165, 1.54) is 12.1 Å². The predicted octanol–water partition coefficient (Wildman–Crippen LogP) is 4.17. The van der Waals surface area contributed by atoms with Crippen molar-refractivity contribution in [3.05, 3.63) is 88.2 Å². The van der Waals surface area contributed by atoms with E-state index >= 15 is 0 Å². The van der Waals surface area contributed by atoms with E-state index in [0.29, 0.717) is 12.4 Å². The molecule has 2 fully saturated rings. The Bertz CT molecular complexity index is 1300. The largest absolute Gasteiger partial charge is 0.507 e. The van der Waals surface area contributed by atoms with Crippen molar-refractivity contribution in [1.82, 2.24) is 15.8 Å². The number of hydrogen-bond donors (Lipinski definition) is 4. The SMILES string of the molecule is CCOc1cc(C2C3C(NNC3c3cc(C)cc(C)c3O)C(=O)N2Cc2ccc(F)cc2)ccc1O. The molecule has 0 radical (unpaired) electrons. The lowest BCUT2D eigenvalue weighted by Crippen LogP contribution is -2.41. The number of nitrogens with zero attached hydrogens (tertiary/aromatic N) is 1. The van der Waals surface area contributed by atoms with Crippen LogP contribution in [0.5, 0.6) is 17.2 Å². The van der Waals surface area contributed by atoms with Gasteiger partial charge in [0.15, 0.2) is 11.5 Å². The highest BCUT2D eigenvalue weighted by molar-refractivity contribution is 5.86. The molecule has 1 amide bonds. The first kappa shape index (κ1) is 24.1. The van der Waals surface area contributed by atoms with Gasteiger partial charge in [-0.2, -0.15) is 0 Å². The molecule has 0 aliphatic carbocycles. The zero-order chi connectivity index (χ0) is 25.6. The van der Waals surface area contributed by atoms with E-state index in [2.05, 4.69) is 10.9 Å². The summed E-state index contributed by atoms with van der Waals surface area (Å²) in [6, 6.07) is 13.8. The third-order valence-electron chi connectivity index (χ3n) is 7.11. The number of ether oxygens (including phenoxy) is 1. The second-order valence-corrected chi connectivity index (χ2v) is 9.54. The van der Waals surface area contributed by atoms with Crippen molar-refractivity contribution in [3.63, 3.8) is 0 Å². The fraction of sp³-hybridized carbons (Fsp3) is 0.321. The molecule has 4 unspecified atom stereocenters. The van der Waals surface area contributed by atoms with Crippen molar-refractivity contribution in [3.8, 4) is 17.2 Å². The van der Waals surface area contributed by atoms with E-state index in [4.69, 9.17) is 4.74 Å². The van der Waals surface area contributed by atoms with E-state index in [9.17, 15) is 19.4 Å². The Balaban J connectivity index is 1.61. The highest BCUT2D eigenvalue weighted by Crippen LogP contribution is 2.50. The number of phenols is 2. The number of fused-ring (bicyclic) bond motifs is 1. The molecule has 3 aromatic carbocycles. The van der Waals surface area contributed by atoms with E-state index in [0.717, 1.165) is 27.8 Å². The molecule has 0 saturated carbocycles. The number of hydrazine groups is 1. The van der Waals surface area contributed by atoms with Crippen LogP contribution in [-0.2, 0) is 11.3 Å². The van der Waals surface area contributed by atoms with Crippen molar-refractivity contribution in [1.29, 1.82) is 0 Å². The number of rotatable bonds is 6. The van der Waals surface area contributed by atoms with Gasteiger partial charge < -0.3 is 19.8 Å². The van der Waals surface area contributed by atoms with Gasteiger partial charge in [0.1, 0.15) is 17.6 Å². The van der Waals surface area contributed by atoms with E-state index in [1.807, 2.05) is 32.9 Å². The third kappa shape index (κ3) is 4.16. The number of halogens is 1. The zero-order valence-electron chi connectivity index (χ0n) is 20.5. The van der Waals surface area contributed by atoms with Gasteiger partial charge in [0, 0.05) is 18.0 Å². The average molecular weight is 492 g/mol. The van der Waals surface area contributed by atoms with E-state index < -0.39 is 12.1 Å². The van der Waals surface area contributed by atoms with Crippen LogP contribution in [-0.4, -0.2) is 33.7 Å². The lowest BCUT2D eigenvalue weighted by Gasteiger charge is -2.32. The van der Waals surface area contributed by atoms with Crippen molar-refractivity contribution < 1.29 is 24.1 Å². The molecule has 4 atom stereocenters. The van der Waals surface area contributed by atoms with Crippen LogP contribution >= 0.6 is 0 Å². The molecule has 3 aromatic rings. The molecule has 36 heavy (non-hydrogen) atoms. The Labute approximate surface area is 209 Å². The van der Waals surface area contributed by atoms with Crippen molar-refractivity contribution >= 4 is 5.91 Å². The van der Waals surface area contributed by atoms with Crippen molar-refractivity contribution in [2.24, 2.45) is 5.92 Å². The monoisotopic (exact) mass is 491 g/mol. The van der Waals surface area contributed by atoms with Gasteiger partial charge in [-0.3, -0.25) is 4.79 Å². The summed E-state index contributed by atoms with van der Waals surface area (Å²) in [5.41, 5.74) is 10.5. The first-order valence-electron chi connectivity index (χ1n) is 12.1. The molecule has 7 nitrogen and oxygen atoms in total. The van der Waals surface area contributed by atoms with Gasteiger partial charge in [-0.05, 0) is 61.7 Å². The Morgan fingerprint density at radius 2 is 1.72 bits per heavy atom. The standard InChI is InChI=1S/C28H30FN3O4/c1-4-36-22-13-18(7-10-21(22)33)26-23-24(20-12-15(2)11-16(3)27(20)34)30-31-25(23)28(35)32(26)14-17-5-8-19(29)9-6-17/h5-13,23-26,30-31,33-34H,4,14H2,1-3H3. The summed E-state index contributed by atoms with van der Waals surface area (Å²) in [5, 5.41) is 21.3. The minimum Gasteiger partial charge on any atom is -0.507 e. The van der Waals surface area contributed by atoms with Gasteiger partial charge in [0.25, 0.3) is 0 Å². The first-order chi connectivity index (χ1) is 17.3. The predicted molar refractivity (Wildman–Crippen MR) is 133 cm³/mol. The summed E-state index contributed by atoms with van der Waals surface area (Å²) in [4.78, 5) is 15.5. The molecule has 188 valence electrons. The smallest absolute Gasteiger partial charge is 0.242 e. The van der Waals surface area contributed by atoms with Gasteiger partial charge in [0.05, 0.1) is 18.7 Å². The summed E-state index contributed by atoms with van der Waals surface area (Å²) in [5.74, 6) is -0.140. The van der Waals surface area contributed by atoms with Crippen molar-refractivity contribution in [2.45, 2.75) is 45.4 Å². The number of aromatic hydroxyl groups is 2. The van der Waals surface area contributed by atoms with Gasteiger partial charge in [-0.1, -0.05) is 35.9 Å². The molecule has 2 aliphatic heterocycles. The first-order valence-corrected chi connectivity index (χ1v) is 12.1. The van der Waals surface area contributed by atoms with Crippen LogP contribution in [0.4, 0.5) is 4.39 Å². The third-order valence-corrected chi connectivity index (χ3v) is 7.11. The molecule has 0 spiro atoms. The number of carbonyl (C=O) groups excluding carboxylic acids is 1. The molecule has 0 bridgehead atoms. The maximum Gasteiger partial charge on any atom is 0.242 e. The Kier molecular flexibility index (Phi) is 6.32. The van der Waals surface area contributed by atoms with Crippen LogP contribution in [0.15, 0.2) is 54.6 Å². The number of benzene rings is 3. The molecular formula is C28H30FN3O4. The number of aryl methyl sites for hydroxylation is 2. The fourth-order valence-corrected chi connectivity index (χ4v) is 5.54. The number of phenolic OH excluding ortho intramolecular Hbond substituents is 2. The number of likely N-dealkylation sites (tertiary alicyclic amines) is 1. The van der Waals surface area contributed by atoms with Gasteiger partial charge in [-0.15, -0.1) is 0 Å². The second-order valence-electron chi connectivity index (χ2n) is 9.54. The molecule has 5 rings (SSSR count). The number of nitrogens with one attached hydrogen (secondary N) is 2. The lowest BCUT2D eigenvalue weighted by atomic mass is 9.82. The van der Waals surface area contributed by atoms with Gasteiger partial charge in [-0.25, -0.2) is 15.2 Å². The van der Waals surface area contributed by atoms with Crippen LogP contribution in [0.1, 0.15) is 46.8 Å². The van der Waals surface area contributed by atoms with E-state index in [1.54, 1.807) is 35.2 Å². The Morgan fingerprint density at radius 1 is 1.00 bits per heavy atom. The summed E-state index contributed by atoms with van der Waals surface area (Å²) in [6.45, 7) is 6.34. The summed E-state index contributed by atoms with van der Waals surface area (Å²) < 4.78 is 19.2. The molecule has 2 heterocycles. The van der Waals surface area contributed by atoms with Crippen LogP contribution in [0.2, 0.25) is 0 Å². The molecule has 2 saturated heterocycles.